The Morgan fingerprint density at radius 1 is 1.29 bits per heavy atom. The summed E-state index contributed by atoms with van der Waals surface area (Å²) in [5, 5.41) is 9.61. The molecule has 0 aliphatic carbocycles. The summed E-state index contributed by atoms with van der Waals surface area (Å²) in [6.07, 6.45) is 3.71. The summed E-state index contributed by atoms with van der Waals surface area (Å²) in [5.41, 5.74) is 0.143. The Bertz CT molecular complexity index is 500. The first-order chi connectivity index (χ1) is 10.1. The summed E-state index contributed by atoms with van der Waals surface area (Å²) in [6.45, 7) is 2.54. The molecule has 1 aliphatic rings. The molecule has 4 heteroatoms. The number of rotatable bonds is 6. The fraction of sp³-hybridized carbons (Fsp3) is 0.529. The van der Waals surface area contributed by atoms with E-state index in [9.17, 15) is 14.7 Å². The Kier molecular flexibility index (Phi) is 4.99. The van der Waals surface area contributed by atoms with E-state index < -0.39 is 11.5 Å². The monoisotopic (exact) mass is 289 g/mol. The lowest BCUT2D eigenvalue weighted by atomic mass is 9.90. The highest BCUT2D eigenvalue weighted by molar-refractivity contribution is 5.87. The lowest BCUT2D eigenvalue weighted by molar-refractivity contribution is -0.157. The maximum absolute atomic E-state index is 12.5. The van der Waals surface area contributed by atoms with Crippen molar-refractivity contribution in [2.24, 2.45) is 0 Å². The van der Waals surface area contributed by atoms with Gasteiger partial charge in [0.05, 0.1) is 0 Å². The van der Waals surface area contributed by atoms with Crippen LogP contribution in [0.25, 0.3) is 0 Å². The highest BCUT2D eigenvalue weighted by atomic mass is 16.4. The number of nitrogens with zero attached hydrogens (tertiary/aromatic N) is 1. The molecule has 1 saturated heterocycles. The highest BCUT2D eigenvalue weighted by Crippen LogP contribution is 2.34. The van der Waals surface area contributed by atoms with Crippen molar-refractivity contribution < 1.29 is 14.7 Å². The largest absolute Gasteiger partial charge is 0.479 e. The zero-order valence-electron chi connectivity index (χ0n) is 12.5. The van der Waals surface area contributed by atoms with E-state index in [1.165, 1.54) is 0 Å². The second kappa shape index (κ2) is 6.74. The van der Waals surface area contributed by atoms with Crippen LogP contribution in [0.1, 0.15) is 44.6 Å². The van der Waals surface area contributed by atoms with Gasteiger partial charge in [0.25, 0.3) is 0 Å². The van der Waals surface area contributed by atoms with Crippen LogP contribution in [0, 0.1) is 0 Å². The Morgan fingerprint density at radius 2 is 2.00 bits per heavy atom. The first-order valence-corrected chi connectivity index (χ1v) is 7.68. The number of benzene rings is 1. The van der Waals surface area contributed by atoms with E-state index in [4.69, 9.17) is 0 Å². The number of carboxylic acid groups (broad SMARTS) is 1. The molecule has 21 heavy (non-hydrogen) atoms. The first-order valence-electron chi connectivity index (χ1n) is 7.68. The zero-order chi connectivity index (χ0) is 15.3. The van der Waals surface area contributed by atoms with Crippen LogP contribution in [-0.2, 0) is 16.0 Å². The normalized spacial score (nSPS) is 21.5. The van der Waals surface area contributed by atoms with E-state index in [1.54, 1.807) is 4.90 Å². The van der Waals surface area contributed by atoms with Crippen molar-refractivity contribution in [3.63, 3.8) is 0 Å². The number of hydrogen-bond donors (Lipinski definition) is 1. The van der Waals surface area contributed by atoms with Gasteiger partial charge in [-0.05, 0) is 31.2 Å². The average Bonchev–Trinajstić information content (AvgIpc) is 2.91. The van der Waals surface area contributed by atoms with Crippen LogP contribution in [0.4, 0.5) is 0 Å². The summed E-state index contributed by atoms with van der Waals surface area (Å²) in [4.78, 5) is 25.8. The van der Waals surface area contributed by atoms with Crippen LogP contribution in [-0.4, -0.2) is 34.0 Å². The molecule has 1 aromatic carbocycles. The molecular formula is C17H23NO3. The van der Waals surface area contributed by atoms with E-state index in [2.05, 4.69) is 0 Å². The third-order valence-corrected chi connectivity index (χ3v) is 4.32. The minimum Gasteiger partial charge on any atom is -0.479 e. The van der Waals surface area contributed by atoms with Crippen molar-refractivity contribution >= 4 is 11.9 Å². The molecular weight excluding hydrogens is 266 g/mol. The van der Waals surface area contributed by atoms with E-state index in [-0.39, 0.29) is 5.91 Å². The van der Waals surface area contributed by atoms with Crippen molar-refractivity contribution in [3.05, 3.63) is 35.9 Å². The minimum atomic E-state index is -0.970. The molecule has 1 amide bonds. The summed E-state index contributed by atoms with van der Waals surface area (Å²) >= 11 is 0. The van der Waals surface area contributed by atoms with Gasteiger partial charge in [-0.25, -0.2) is 4.79 Å². The third kappa shape index (κ3) is 3.26. The Hall–Kier alpha value is -1.84. The lowest BCUT2D eigenvalue weighted by Crippen LogP contribution is -2.53. The second-order valence-corrected chi connectivity index (χ2v) is 5.72. The maximum atomic E-state index is 12.5. The highest BCUT2D eigenvalue weighted by Gasteiger charge is 2.48. The van der Waals surface area contributed by atoms with Gasteiger partial charge < -0.3 is 10.0 Å². The molecule has 0 spiro atoms. The van der Waals surface area contributed by atoms with Gasteiger partial charge >= 0.3 is 5.97 Å². The summed E-state index contributed by atoms with van der Waals surface area (Å²) in [5.74, 6) is -0.887. The lowest BCUT2D eigenvalue weighted by Gasteiger charge is -2.34. The van der Waals surface area contributed by atoms with Gasteiger partial charge in [0.15, 0.2) is 0 Å². The fourth-order valence-electron chi connectivity index (χ4n) is 3.28. The number of carbonyl (C=O) groups is 2. The molecule has 1 fully saturated rings. The van der Waals surface area contributed by atoms with E-state index in [0.29, 0.717) is 32.2 Å². The molecule has 0 aromatic heterocycles. The van der Waals surface area contributed by atoms with Crippen molar-refractivity contribution in [3.8, 4) is 0 Å². The molecule has 114 valence electrons. The molecule has 1 aromatic rings. The van der Waals surface area contributed by atoms with E-state index in [1.807, 2.05) is 37.3 Å². The molecule has 1 atom stereocenters. The summed E-state index contributed by atoms with van der Waals surface area (Å²) < 4.78 is 0. The molecule has 4 nitrogen and oxygen atoms in total. The fourth-order valence-corrected chi connectivity index (χ4v) is 3.28. The number of hydrogen-bond acceptors (Lipinski definition) is 2. The topological polar surface area (TPSA) is 57.6 Å². The third-order valence-electron chi connectivity index (χ3n) is 4.32. The van der Waals surface area contributed by atoms with Crippen LogP contribution in [0.3, 0.4) is 0 Å². The molecule has 1 heterocycles. The summed E-state index contributed by atoms with van der Waals surface area (Å²) in [6, 6.07) is 9.84. The van der Waals surface area contributed by atoms with Gasteiger partial charge in [-0.15, -0.1) is 0 Å². The minimum absolute atomic E-state index is 0.0350. The SMILES string of the molecule is CCCC1(C(=O)O)CCCN1C(=O)CCc1ccccc1. The molecule has 0 bridgehead atoms. The Balaban J connectivity index is 2.05. The van der Waals surface area contributed by atoms with Gasteiger partial charge in [0, 0.05) is 13.0 Å². The smallest absolute Gasteiger partial charge is 0.329 e. The van der Waals surface area contributed by atoms with Crippen LogP contribution >= 0.6 is 0 Å². The zero-order valence-corrected chi connectivity index (χ0v) is 12.5. The molecule has 1 unspecified atom stereocenters. The van der Waals surface area contributed by atoms with Crippen molar-refractivity contribution in [1.82, 2.24) is 4.90 Å². The van der Waals surface area contributed by atoms with E-state index >= 15 is 0 Å². The number of carbonyl (C=O) groups excluding carboxylic acids is 1. The van der Waals surface area contributed by atoms with Crippen LogP contribution in [0.2, 0.25) is 0 Å². The van der Waals surface area contributed by atoms with Crippen molar-refractivity contribution in [2.45, 2.75) is 51.0 Å². The summed E-state index contributed by atoms with van der Waals surface area (Å²) in [7, 11) is 0. The molecule has 0 radical (unpaired) electrons. The molecule has 1 N–H and O–H groups in total. The van der Waals surface area contributed by atoms with Crippen LogP contribution in [0.5, 0.6) is 0 Å². The van der Waals surface area contributed by atoms with Crippen LogP contribution in [0.15, 0.2) is 30.3 Å². The Morgan fingerprint density at radius 3 is 2.62 bits per heavy atom. The maximum Gasteiger partial charge on any atom is 0.329 e. The van der Waals surface area contributed by atoms with Gasteiger partial charge in [0.1, 0.15) is 5.54 Å². The van der Waals surface area contributed by atoms with Crippen molar-refractivity contribution in [2.75, 3.05) is 6.54 Å². The first kappa shape index (κ1) is 15.5. The van der Waals surface area contributed by atoms with Gasteiger partial charge in [-0.2, -0.15) is 0 Å². The Labute approximate surface area is 125 Å². The van der Waals surface area contributed by atoms with E-state index in [0.717, 1.165) is 18.4 Å². The van der Waals surface area contributed by atoms with Crippen LogP contribution < -0.4 is 0 Å². The number of aryl methyl sites for hydroxylation is 1. The number of carboxylic acids is 1. The second-order valence-electron chi connectivity index (χ2n) is 5.72. The number of likely N-dealkylation sites (tertiary alicyclic amines) is 1. The predicted molar refractivity (Wildman–Crippen MR) is 81.0 cm³/mol. The van der Waals surface area contributed by atoms with Gasteiger partial charge in [-0.1, -0.05) is 43.7 Å². The molecule has 2 rings (SSSR count). The van der Waals surface area contributed by atoms with Crippen molar-refractivity contribution in [1.29, 1.82) is 0 Å². The van der Waals surface area contributed by atoms with Gasteiger partial charge in [0.2, 0.25) is 5.91 Å². The van der Waals surface area contributed by atoms with Gasteiger partial charge in [-0.3, -0.25) is 4.79 Å². The number of amides is 1. The average molecular weight is 289 g/mol. The molecule has 0 saturated carbocycles. The number of aliphatic carboxylic acids is 1. The molecule has 1 aliphatic heterocycles. The predicted octanol–water partition coefficient (Wildman–Crippen LogP) is 2.87. The standard InChI is InChI=1S/C17H23NO3/c1-2-11-17(16(20)21)12-6-13-18(17)15(19)10-9-14-7-4-3-5-8-14/h3-5,7-8H,2,6,9-13H2,1H3,(H,20,21). The quantitative estimate of drug-likeness (QED) is 0.876.